The molecule has 1 aromatic carbocycles. The average molecular weight is 259 g/mol. The minimum Gasteiger partial charge on any atom is -0.399 e. The summed E-state index contributed by atoms with van der Waals surface area (Å²) in [6.07, 6.45) is 0. The van der Waals surface area contributed by atoms with E-state index in [9.17, 15) is 0 Å². The Hall–Kier alpha value is -0.923. The van der Waals surface area contributed by atoms with Crippen LogP contribution in [0.25, 0.3) is 0 Å². The van der Waals surface area contributed by atoms with E-state index < -0.39 is 8.80 Å². The number of hydrogen-bond acceptors (Lipinski definition) is 5. The molecule has 0 radical (unpaired) electrons. The summed E-state index contributed by atoms with van der Waals surface area (Å²) in [6.45, 7) is 1.93. The maximum Gasteiger partial charge on any atom is 0.538 e. The number of benzene rings is 1. The average Bonchev–Trinajstić information content (AvgIpc) is 2.35. The number of anilines is 1. The molecule has 0 unspecified atom stereocenters. The van der Waals surface area contributed by atoms with Crippen molar-refractivity contribution in [2.75, 3.05) is 33.7 Å². The van der Waals surface area contributed by atoms with E-state index in [-0.39, 0.29) is 6.61 Å². The quantitative estimate of drug-likeness (QED) is 0.603. The van der Waals surface area contributed by atoms with Crippen molar-refractivity contribution in [2.45, 2.75) is 6.92 Å². The summed E-state index contributed by atoms with van der Waals surface area (Å²) in [5.41, 5.74) is 6.46. The van der Waals surface area contributed by atoms with Crippen LogP contribution in [0.4, 0.5) is 5.69 Å². The van der Waals surface area contributed by atoms with Crippen LogP contribution in [0.1, 0.15) is 6.92 Å². The van der Waals surface area contributed by atoms with Gasteiger partial charge in [0.05, 0.1) is 0 Å². The smallest absolute Gasteiger partial charge is 0.399 e. The lowest BCUT2D eigenvalue weighted by Gasteiger charge is -2.25. The normalized spacial score (nSPS) is 10.6. The van der Waals surface area contributed by atoms with Crippen molar-refractivity contribution in [3.63, 3.8) is 0 Å². The molecule has 3 N–H and O–H groups in total. The Morgan fingerprint density at radius 2 is 1.53 bits per heavy atom. The van der Waals surface area contributed by atoms with Crippen LogP contribution in [0, 0.1) is 0 Å². The second-order valence-corrected chi connectivity index (χ2v) is 5.95. The summed E-state index contributed by atoms with van der Waals surface area (Å²) >= 11 is 0. The lowest BCUT2D eigenvalue weighted by molar-refractivity contribution is 0.140. The zero-order chi connectivity index (χ0) is 13.3. The third-order valence-electron chi connectivity index (χ3n) is 2.10. The van der Waals surface area contributed by atoms with E-state index in [0.29, 0.717) is 5.69 Å². The Balaban J connectivity index is 0.000000770. The second-order valence-electron chi connectivity index (χ2n) is 3.07. The van der Waals surface area contributed by atoms with E-state index >= 15 is 0 Å². The van der Waals surface area contributed by atoms with Crippen LogP contribution in [-0.2, 0) is 13.3 Å². The van der Waals surface area contributed by atoms with Crippen LogP contribution < -0.4 is 10.9 Å². The van der Waals surface area contributed by atoms with E-state index in [0.717, 1.165) is 5.19 Å². The van der Waals surface area contributed by atoms with E-state index in [1.165, 1.54) is 0 Å². The van der Waals surface area contributed by atoms with E-state index in [1.54, 1.807) is 34.3 Å². The summed E-state index contributed by atoms with van der Waals surface area (Å²) in [5.74, 6) is 0. The van der Waals surface area contributed by atoms with Gasteiger partial charge >= 0.3 is 8.80 Å². The first-order valence-electron chi connectivity index (χ1n) is 5.23. The molecule has 0 fully saturated rings. The van der Waals surface area contributed by atoms with E-state index in [4.69, 9.17) is 24.1 Å². The summed E-state index contributed by atoms with van der Waals surface area (Å²) in [5, 5.41) is 8.37. The van der Waals surface area contributed by atoms with E-state index in [1.807, 2.05) is 18.2 Å². The van der Waals surface area contributed by atoms with Crippen molar-refractivity contribution in [3.8, 4) is 0 Å². The molecule has 17 heavy (non-hydrogen) atoms. The molecule has 0 aromatic heterocycles. The van der Waals surface area contributed by atoms with Crippen molar-refractivity contribution in [2.24, 2.45) is 0 Å². The molecule has 98 valence electrons. The monoisotopic (exact) mass is 259 g/mol. The number of nitrogens with two attached hydrogens (primary N) is 1. The molecule has 5 nitrogen and oxygen atoms in total. The van der Waals surface area contributed by atoms with Gasteiger partial charge in [-0.2, -0.15) is 0 Å². The predicted molar refractivity (Wildman–Crippen MR) is 70.0 cm³/mol. The highest BCUT2D eigenvalue weighted by Crippen LogP contribution is 2.11. The molecule has 0 bridgehead atoms. The van der Waals surface area contributed by atoms with Crippen molar-refractivity contribution in [1.29, 1.82) is 0 Å². The van der Waals surface area contributed by atoms with Gasteiger partial charge in [-0.15, -0.1) is 0 Å². The Morgan fingerprint density at radius 3 is 1.88 bits per heavy atom. The highest BCUT2D eigenvalue weighted by molar-refractivity contribution is 6.76. The van der Waals surface area contributed by atoms with Gasteiger partial charge in [-0.05, 0) is 13.0 Å². The van der Waals surface area contributed by atoms with Crippen LogP contribution in [-0.4, -0.2) is 41.8 Å². The fourth-order valence-corrected chi connectivity index (χ4v) is 3.25. The van der Waals surface area contributed by atoms with Crippen molar-refractivity contribution >= 4 is 19.7 Å². The molecule has 0 atom stereocenters. The molecule has 0 aliphatic carbocycles. The number of rotatable bonds is 4. The van der Waals surface area contributed by atoms with Gasteiger partial charge < -0.3 is 24.1 Å². The van der Waals surface area contributed by atoms with Gasteiger partial charge in [0, 0.05) is 38.8 Å². The number of aliphatic hydroxyl groups is 1. The predicted octanol–water partition coefficient (Wildman–Crippen LogP) is 0.352. The zero-order valence-electron chi connectivity index (χ0n) is 10.8. The molecule has 0 heterocycles. The minimum absolute atomic E-state index is 0.250. The molecule has 6 heteroatoms. The first-order valence-corrected chi connectivity index (χ1v) is 6.95. The third-order valence-corrected chi connectivity index (χ3v) is 4.82. The van der Waals surface area contributed by atoms with Gasteiger partial charge in [0.1, 0.15) is 0 Å². The number of hydrogen-bond donors (Lipinski definition) is 2. The van der Waals surface area contributed by atoms with Crippen molar-refractivity contribution < 1.29 is 18.4 Å². The van der Waals surface area contributed by atoms with Crippen LogP contribution in [0.5, 0.6) is 0 Å². The summed E-state index contributed by atoms with van der Waals surface area (Å²) in [4.78, 5) is 0. The Kier molecular flexibility index (Phi) is 7.76. The molecule has 1 aromatic rings. The van der Waals surface area contributed by atoms with Gasteiger partial charge in [0.2, 0.25) is 0 Å². The topological polar surface area (TPSA) is 73.9 Å². The maximum absolute atomic E-state index is 7.57. The lowest BCUT2D eigenvalue weighted by atomic mass is 10.3. The Bertz CT molecular complexity index is 310. The highest BCUT2D eigenvalue weighted by Gasteiger charge is 2.42. The standard InChI is InChI=1S/C9H15NO3Si.C2H6O/c1-11-14(12-2,13-3)9-7-5-4-6-8(9)10;1-2-3/h4-7H,10H2,1-3H3;3H,2H2,1H3. The molecule has 1 rings (SSSR count). The molecule has 0 spiro atoms. The molecular weight excluding hydrogens is 238 g/mol. The van der Waals surface area contributed by atoms with Gasteiger partial charge in [-0.1, -0.05) is 18.2 Å². The van der Waals surface area contributed by atoms with Crippen LogP contribution in [0.3, 0.4) is 0 Å². The zero-order valence-corrected chi connectivity index (χ0v) is 11.8. The van der Waals surface area contributed by atoms with Crippen molar-refractivity contribution in [1.82, 2.24) is 0 Å². The van der Waals surface area contributed by atoms with Crippen LogP contribution >= 0.6 is 0 Å². The fraction of sp³-hybridized carbons (Fsp3) is 0.455. The number of nitrogen functional groups attached to an aromatic ring is 1. The summed E-state index contributed by atoms with van der Waals surface area (Å²) in [7, 11) is 1.92. The van der Waals surface area contributed by atoms with Gasteiger partial charge in [0.25, 0.3) is 0 Å². The minimum atomic E-state index is -2.76. The SMILES string of the molecule is CCO.CO[Si](OC)(OC)c1ccccc1N. The van der Waals surface area contributed by atoms with E-state index in [2.05, 4.69) is 0 Å². The molecule has 0 saturated carbocycles. The van der Waals surface area contributed by atoms with Gasteiger partial charge in [-0.25, -0.2) is 0 Å². The molecule has 0 aliphatic heterocycles. The fourth-order valence-electron chi connectivity index (χ4n) is 1.36. The van der Waals surface area contributed by atoms with Crippen LogP contribution in [0.2, 0.25) is 0 Å². The molecular formula is C11H21NO4Si. The first-order chi connectivity index (χ1) is 8.11. The molecule has 0 saturated heterocycles. The maximum atomic E-state index is 7.57. The first kappa shape index (κ1) is 16.1. The van der Waals surface area contributed by atoms with Crippen LogP contribution in [0.15, 0.2) is 24.3 Å². The molecule has 0 aliphatic rings. The second kappa shape index (κ2) is 8.21. The number of para-hydroxylation sites is 1. The Labute approximate surface area is 103 Å². The Morgan fingerprint density at radius 1 is 1.12 bits per heavy atom. The highest BCUT2D eigenvalue weighted by atomic mass is 28.4. The molecule has 0 amide bonds. The summed E-state index contributed by atoms with van der Waals surface area (Å²) < 4.78 is 16.0. The van der Waals surface area contributed by atoms with Gasteiger partial charge in [-0.3, -0.25) is 0 Å². The largest absolute Gasteiger partial charge is 0.538 e. The van der Waals surface area contributed by atoms with Crippen molar-refractivity contribution in [3.05, 3.63) is 24.3 Å². The summed E-state index contributed by atoms with van der Waals surface area (Å²) in [6, 6.07) is 7.40. The van der Waals surface area contributed by atoms with Gasteiger partial charge in [0.15, 0.2) is 0 Å². The number of aliphatic hydroxyl groups excluding tert-OH is 1. The lowest BCUT2D eigenvalue weighted by Crippen LogP contribution is -2.55. The third kappa shape index (κ3) is 4.10.